The molecule has 0 spiro atoms. The van der Waals surface area contributed by atoms with Crippen molar-refractivity contribution in [1.82, 2.24) is 0 Å². The second-order valence-electron chi connectivity index (χ2n) is 3.33. The summed E-state index contributed by atoms with van der Waals surface area (Å²) in [7, 11) is 0. The van der Waals surface area contributed by atoms with Crippen molar-refractivity contribution < 1.29 is 0 Å². The molecule has 0 aromatic heterocycles. The molecule has 2 unspecified atom stereocenters. The van der Waals surface area contributed by atoms with E-state index in [0.717, 1.165) is 17.8 Å². The maximum absolute atomic E-state index is 4.34. The summed E-state index contributed by atoms with van der Waals surface area (Å²) in [6.45, 7) is 4.27. The summed E-state index contributed by atoms with van der Waals surface area (Å²) in [5.74, 6) is 2.35. The molecule has 0 amide bonds. The fourth-order valence-corrected chi connectivity index (χ4v) is 1.93. The molecule has 0 heterocycles. The summed E-state index contributed by atoms with van der Waals surface area (Å²) in [4.78, 5) is 4.34. The second kappa shape index (κ2) is 2.33. The van der Waals surface area contributed by atoms with Crippen LogP contribution in [0.25, 0.3) is 0 Å². The van der Waals surface area contributed by atoms with Crippen LogP contribution in [0.1, 0.15) is 13.8 Å². The number of hydrogen-bond donors (Lipinski definition) is 0. The highest BCUT2D eigenvalue weighted by Gasteiger charge is 2.47. The summed E-state index contributed by atoms with van der Waals surface area (Å²) >= 11 is 0. The molecular formula is C10H13N. The Bertz CT molecular complexity index is 248. The predicted octanol–water partition coefficient (Wildman–Crippen LogP) is 2.41. The van der Waals surface area contributed by atoms with E-state index in [1.54, 1.807) is 0 Å². The Morgan fingerprint density at radius 3 is 3.09 bits per heavy atom. The van der Waals surface area contributed by atoms with E-state index in [1.807, 2.05) is 13.1 Å². The number of rotatable bonds is 1. The van der Waals surface area contributed by atoms with Gasteiger partial charge in [-0.1, -0.05) is 19.1 Å². The molecule has 0 N–H and O–H groups in total. The van der Waals surface area contributed by atoms with Gasteiger partial charge in [-0.3, -0.25) is 4.99 Å². The standard InChI is InChI=1S/C10H13N/c1-3-11-9-6-4-5-8-7(2)10(8)9/h3-8,10H,1-2H3/t7?,8-,10?/m1/s1. The van der Waals surface area contributed by atoms with Crippen LogP contribution < -0.4 is 0 Å². The van der Waals surface area contributed by atoms with Crippen LogP contribution in [0.15, 0.2) is 28.9 Å². The van der Waals surface area contributed by atoms with Crippen LogP contribution >= 0.6 is 0 Å². The lowest BCUT2D eigenvalue weighted by Gasteiger charge is -2.00. The first-order valence-corrected chi connectivity index (χ1v) is 4.21. The largest absolute Gasteiger partial charge is 0.266 e. The molecule has 0 aromatic carbocycles. The van der Waals surface area contributed by atoms with Gasteiger partial charge in [0.2, 0.25) is 0 Å². The van der Waals surface area contributed by atoms with E-state index in [4.69, 9.17) is 0 Å². The zero-order valence-electron chi connectivity index (χ0n) is 6.99. The minimum Gasteiger partial charge on any atom is -0.266 e. The van der Waals surface area contributed by atoms with Gasteiger partial charge in [-0.15, -0.1) is 0 Å². The second-order valence-corrected chi connectivity index (χ2v) is 3.33. The molecule has 1 saturated carbocycles. The number of hydrogen-bond acceptors (Lipinski definition) is 1. The van der Waals surface area contributed by atoms with Gasteiger partial charge in [0.1, 0.15) is 0 Å². The molecule has 1 nitrogen and oxygen atoms in total. The van der Waals surface area contributed by atoms with Crippen LogP contribution in [-0.2, 0) is 0 Å². The van der Waals surface area contributed by atoms with Gasteiger partial charge in [-0.2, -0.15) is 0 Å². The first-order chi connectivity index (χ1) is 5.34. The lowest BCUT2D eigenvalue weighted by Crippen LogP contribution is -1.88. The van der Waals surface area contributed by atoms with Crippen molar-refractivity contribution in [2.45, 2.75) is 13.8 Å². The van der Waals surface area contributed by atoms with E-state index in [9.17, 15) is 0 Å². The monoisotopic (exact) mass is 147 g/mol. The Hall–Kier alpha value is -0.850. The molecule has 0 aromatic rings. The highest BCUT2D eigenvalue weighted by molar-refractivity contribution is 5.56. The van der Waals surface area contributed by atoms with Gasteiger partial charge >= 0.3 is 0 Å². The van der Waals surface area contributed by atoms with E-state index in [0.29, 0.717) is 0 Å². The fourth-order valence-electron chi connectivity index (χ4n) is 1.93. The average molecular weight is 147 g/mol. The maximum Gasteiger partial charge on any atom is 0.0439 e. The van der Waals surface area contributed by atoms with Crippen molar-refractivity contribution in [3.05, 3.63) is 23.9 Å². The van der Waals surface area contributed by atoms with E-state index >= 15 is 0 Å². The smallest absolute Gasteiger partial charge is 0.0439 e. The molecule has 11 heavy (non-hydrogen) atoms. The third kappa shape index (κ3) is 0.953. The topological polar surface area (TPSA) is 12.4 Å². The molecule has 58 valence electrons. The molecule has 2 aliphatic rings. The fraction of sp³-hybridized carbons (Fsp3) is 0.500. The highest BCUT2D eigenvalue weighted by Crippen LogP contribution is 2.53. The van der Waals surface area contributed by atoms with E-state index < -0.39 is 0 Å². The normalized spacial score (nSPS) is 40.5. The number of aliphatic imine (C=N–C) groups is 1. The molecule has 2 aliphatic carbocycles. The zero-order valence-corrected chi connectivity index (χ0v) is 6.99. The van der Waals surface area contributed by atoms with Crippen LogP contribution in [0, 0.1) is 17.8 Å². The summed E-state index contributed by atoms with van der Waals surface area (Å²) in [6.07, 6.45) is 8.44. The SMILES string of the molecule is CC=NC1=CC=C[C@@H]2C(C)C12. The van der Waals surface area contributed by atoms with E-state index in [1.165, 1.54) is 5.70 Å². The first-order valence-electron chi connectivity index (χ1n) is 4.21. The summed E-state index contributed by atoms with van der Waals surface area (Å²) < 4.78 is 0. The maximum atomic E-state index is 4.34. The minimum atomic E-state index is 0.733. The molecule has 0 radical (unpaired) electrons. The van der Waals surface area contributed by atoms with E-state index in [-0.39, 0.29) is 0 Å². The van der Waals surface area contributed by atoms with Gasteiger partial charge in [-0.25, -0.2) is 0 Å². The van der Waals surface area contributed by atoms with Gasteiger partial charge in [0, 0.05) is 17.8 Å². The average Bonchev–Trinajstić information content (AvgIpc) is 2.65. The molecule has 0 aliphatic heterocycles. The zero-order chi connectivity index (χ0) is 7.84. The molecule has 1 heteroatoms. The lowest BCUT2D eigenvalue weighted by molar-refractivity contribution is 0.847. The van der Waals surface area contributed by atoms with Gasteiger partial charge < -0.3 is 0 Å². The molecular weight excluding hydrogens is 134 g/mol. The van der Waals surface area contributed by atoms with Crippen molar-refractivity contribution in [1.29, 1.82) is 0 Å². The first kappa shape index (κ1) is 6.84. The Morgan fingerprint density at radius 2 is 2.36 bits per heavy atom. The third-order valence-corrected chi connectivity index (χ3v) is 2.67. The van der Waals surface area contributed by atoms with Crippen molar-refractivity contribution in [3.8, 4) is 0 Å². The number of allylic oxidation sites excluding steroid dienone is 4. The van der Waals surface area contributed by atoms with Crippen LogP contribution in [0.3, 0.4) is 0 Å². The van der Waals surface area contributed by atoms with Crippen molar-refractivity contribution >= 4 is 6.21 Å². The quantitative estimate of drug-likeness (QED) is 0.505. The summed E-state index contributed by atoms with van der Waals surface area (Å²) in [5, 5.41) is 0. The minimum absolute atomic E-state index is 0.733. The molecule has 3 atom stereocenters. The van der Waals surface area contributed by atoms with Gasteiger partial charge in [0.25, 0.3) is 0 Å². The van der Waals surface area contributed by atoms with E-state index in [2.05, 4.69) is 30.1 Å². The number of fused-ring (bicyclic) bond motifs is 1. The summed E-state index contributed by atoms with van der Waals surface area (Å²) in [6, 6.07) is 0. The van der Waals surface area contributed by atoms with Crippen LogP contribution in [0.4, 0.5) is 0 Å². The van der Waals surface area contributed by atoms with Crippen LogP contribution in [-0.4, -0.2) is 6.21 Å². The summed E-state index contributed by atoms with van der Waals surface area (Å²) in [5.41, 5.74) is 1.27. The van der Waals surface area contributed by atoms with Gasteiger partial charge in [-0.05, 0) is 24.8 Å². The molecule has 1 fully saturated rings. The Balaban J connectivity index is 2.21. The van der Waals surface area contributed by atoms with Crippen LogP contribution in [0.2, 0.25) is 0 Å². The predicted molar refractivity (Wildman–Crippen MR) is 47.5 cm³/mol. The Labute approximate surface area is 67.5 Å². The third-order valence-electron chi connectivity index (χ3n) is 2.67. The molecule has 0 saturated heterocycles. The van der Waals surface area contributed by atoms with Crippen molar-refractivity contribution in [2.24, 2.45) is 22.7 Å². The van der Waals surface area contributed by atoms with Crippen molar-refractivity contribution in [3.63, 3.8) is 0 Å². The molecule has 2 rings (SSSR count). The Kier molecular flexibility index (Phi) is 1.45. The van der Waals surface area contributed by atoms with Gasteiger partial charge in [0.05, 0.1) is 0 Å². The lowest BCUT2D eigenvalue weighted by atomic mass is 10.1. The number of nitrogens with zero attached hydrogens (tertiary/aromatic N) is 1. The van der Waals surface area contributed by atoms with Gasteiger partial charge in [0.15, 0.2) is 0 Å². The van der Waals surface area contributed by atoms with Crippen LogP contribution in [0.5, 0.6) is 0 Å². The molecule has 0 bridgehead atoms. The Morgan fingerprint density at radius 1 is 1.55 bits per heavy atom. The van der Waals surface area contributed by atoms with Crippen molar-refractivity contribution in [2.75, 3.05) is 0 Å². The highest BCUT2D eigenvalue weighted by atomic mass is 14.8.